The first kappa shape index (κ1) is 15.1. The SMILES string of the molecule is Cc1noc(CC2(O)CCCN(C(=O)c3ccoc3Cl)C2)n1. The number of hydrogen-bond donors (Lipinski definition) is 1. The Morgan fingerprint density at radius 3 is 3.05 bits per heavy atom. The molecule has 1 saturated heterocycles. The van der Waals surface area contributed by atoms with Crippen LogP contribution in [-0.2, 0) is 6.42 Å². The summed E-state index contributed by atoms with van der Waals surface area (Å²) in [4.78, 5) is 18.1. The predicted octanol–water partition coefficient (Wildman–Crippen LogP) is 1.83. The topological polar surface area (TPSA) is 92.6 Å². The zero-order valence-corrected chi connectivity index (χ0v) is 12.8. The number of aliphatic hydroxyl groups is 1. The largest absolute Gasteiger partial charge is 0.452 e. The number of aromatic nitrogens is 2. The zero-order chi connectivity index (χ0) is 15.7. The van der Waals surface area contributed by atoms with Gasteiger partial charge in [-0.05, 0) is 37.4 Å². The Labute approximate surface area is 131 Å². The van der Waals surface area contributed by atoms with Crippen LogP contribution in [0.2, 0.25) is 5.22 Å². The van der Waals surface area contributed by atoms with E-state index in [2.05, 4.69) is 10.1 Å². The van der Waals surface area contributed by atoms with Crippen LogP contribution in [0.25, 0.3) is 0 Å². The van der Waals surface area contributed by atoms with Crippen LogP contribution in [0.15, 0.2) is 21.3 Å². The first-order chi connectivity index (χ1) is 10.5. The van der Waals surface area contributed by atoms with Gasteiger partial charge in [0.25, 0.3) is 5.91 Å². The number of amides is 1. The lowest BCUT2D eigenvalue weighted by atomic mass is 9.89. The molecule has 0 spiro atoms. The third-order valence-electron chi connectivity index (χ3n) is 3.74. The average molecular weight is 326 g/mol. The minimum absolute atomic E-state index is 0.0617. The molecule has 22 heavy (non-hydrogen) atoms. The average Bonchev–Trinajstić information content (AvgIpc) is 3.06. The molecule has 1 unspecified atom stereocenters. The lowest BCUT2D eigenvalue weighted by Gasteiger charge is -2.38. The van der Waals surface area contributed by atoms with Crippen molar-refractivity contribution >= 4 is 17.5 Å². The number of piperidine rings is 1. The van der Waals surface area contributed by atoms with Crippen LogP contribution >= 0.6 is 11.6 Å². The molecule has 2 aromatic rings. The van der Waals surface area contributed by atoms with E-state index < -0.39 is 5.60 Å². The number of nitrogens with zero attached hydrogens (tertiary/aromatic N) is 3. The second-order valence-corrected chi connectivity index (χ2v) is 5.92. The van der Waals surface area contributed by atoms with Gasteiger partial charge in [-0.1, -0.05) is 5.16 Å². The smallest absolute Gasteiger partial charge is 0.258 e. The molecule has 1 fully saturated rings. The van der Waals surface area contributed by atoms with Crippen molar-refractivity contribution in [2.75, 3.05) is 13.1 Å². The van der Waals surface area contributed by atoms with Gasteiger partial charge in [0, 0.05) is 6.54 Å². The molecule has 7 nitrogen and oxygen atoms in total. The van der Waals surface area contributed by atoms with Gasteiger partial charge in [-0.3, -0.25) is 4.79 Å². The molecule has 1 N–H and O–H groups in total. The van der Waals surface area contributed by atoms with Crippen molar-refractivity contribution in [1.29, 1.82) is 0 Å². The number of carbonyl (C=O) groups is 1. The highest BCUT2D eigenvalue weighted by Crippen LogP contribution is 2.27. The molecule has 3 heterocycles. The summed E-state index contributed by atoms with van der Waals surface area (Å²) < 4.78 is 10.0. The molecule has 1 aliphatic rings. The van der Waals surface area contributed by atoms with Gasteiger partial charge in [0.15, 0.2) is 5.82 Å². The number of carbonyl (C=O) groups excluding carboxylic acids is 1. The van der Waals surface area contributed by atoms with Crippen molar-refractivity contribution in [2.45, 2.75) is 31.8 Å². The fourth-order valence-corrected chi connectivity index (χ4v) is 2.94. The van der Waals surface area contributed by atoms with Crippen molar-refractivity contribution in [1.82, 2.24) is 15.0 Å². The van der Waals surface area contributed by atoms with E-state index in [1.807, 2.05) is 0 Å². The van der Waals surface area contributed by atoms with Crippen molar-refractivity contribution in [2.24, 2.45) is 0 Å². The van der Waals surface area contributed by atoms with E-state index in [0.717, 1.165) is 0 Å². The Kier molecular flexibility index (Phi) is 3.92. The van der Waals surface area contributed by atoms with Crippen molar-refractivity contribution < 1.29 is 18.8 Å². The van der Waals surface area contributed by atoms with Gasteiger partial charge in [0.1, 0.15) is 0 Å². The number of hydrogen-bond acceptors (Lipinski definition) is 6. The molecule has 118 valence electrons. The fraction of sp³-hybridized carbons (Fsp3) is 0.500. The van der Waals surface area contributed by atoms with E-state index in [4.69, 9.17) is 20.5 Å². The maximum Gasteiger partial charge on any atom is 0.258 e. The highest BCUT2D eigenvalue weighted by molar-refractivity contribution is 6.32. The summed E-state index contributed by atoms with van der Waals surface area (Å²) in [5.41, 5.74) is -0.775. The van der Waals surface area contributed by atoms with E-state index in [1.165, 1.54) is 12.3 Å². The molecule has 0 bridgehead atoms. The monoisotopic (exact) mass is 325 g/mol. The van der Waals surface area contributed by atoms with Crippen LogP contribution in [0.1, 0.15) is 34.9 Å². The van der Waals surface area contributed by atoms with Crippen LogP contribution in [0.4, 0.5) is 0 Å². The van der Waals surface area contributed by atoms with Gasteiger partial charge in [-0.25, -0.2) is 0 Å². The number of halogens is 1. The summed E-state index contributed by atoms with van der Waals surface area (Å²) in [5, 5.41) is 14.5. The minimum atomic E-state index is -1.08. The molecule has 1 amide bonds. The minimum Gasteiger partial charge on any atom is -0.452 e. The Hall–Kier alpha value is -1.86. The van der Waals surface area contributed by atoms with E-state index in [0.29, 0.717) is 36.7 Å². The van der Waals surface area contributed by atoms with Gasteiger partial charge in [0.05, 0.1) is 30.4 Å². The number of β-amino-alcohol motifs (C(OH)–C–C–N with tert-alkyl or cyclic N) is 1. The van der Waals surface area contributed by atoms with Gasteiger partial charge >= 0.3 is 0 Å². The number of likely N-dealkylation sites (tertiary alicyclic amines) is 1. The summed E-state index contributed by atoms with van der Waals surface area (Å²) in [6, 6.07) is 1.53. The highest BCUT2D eigenvalue weighted by Gasteiger charge is 2.37. The van der Waals surface area contributed by atoms with Crippen molar-refractivity contribution in [3.05, 3.63) is 34.8 Å². The van der Waals surface area contributed by atoms with Crippen LogP contribution in [0, 0.1) is 6.92 Å². The van der Waals surface area contributed by atoms with E-state index >= 15 is 0 Å². The van der Waals surface area contributed by atoms with Crippen LogP contribution in [0.3, 0.4) is 0 Å². The summed E-state index contributed by atoms with van der Waals surface area (Å²) in [6.07, 6.45) is 2.84. The standard InChI is InChI=1S/C14H16ClN3O4/c1-9-16-11(22-17-9)7-14(20)4-2-5-18(8-14)13(19)10-3-6-21-12(10)15/h3,6,20H,2,4-5,7-8H2,1H3. The number of furan rings is 1. The maximum atomic E-state index is 12.4. The number of rotatable bonds is 3. The molecule has 0 radical (unpaired) electrons. The van der Waals surface area contributed by atoms with Crippen molar-refractivity contribution in [3.8, 4) is 0 Å². The summed E-state index contributed by atoms with van der Waals surface area (Å²) in [5.74, 6) is 0.641. The Bertz CT molecular complexity index is 683. The third-order valence-corrected chi connectivity index (χ3v) is 4.03. The Balaban J connectivity index is 1.73. The Morgan fingerprint density at radius 1 is 1.59 bits per heavy atom. The molecule has 1 aliphatic heterocycles. The Morgan fingerprint density at radius 2 is 2.41 bits per heavy atom. The van der Waals surface area contributed by atoms with Crippen molar-refractivity contribution in [3.63, 3.8) is 0 Å². The molecule has 3 rings (SSSR count). The van der Waals surface area contributed by atoms with Gasteiger partial charge < -0.3 is 18.9 Å². The first-order valence-electron chi connectivity index (χ1n) is 7.01. The molecule has 2 aromatic heterocycles. The summed E-state index contributed by atoms with van der Waals surface area (Å²) >= 11 is 5.85. The normalized spacial score (nSPS) is 22.0. The molecule has 1 atom stereocenters. The van der Waals surface area contributed by atoms with Gasteiger partial charge in [-0.2, -0.15) is 4.98 Å². The maximum absolute atomic E-state index is 12.4. The second kappa shape index (κ2) is 5.73. The van der Waals surface area contributed by atoms with Crippen LogP contribution in [-0.4, -0.2) is 44.7 Å². The van der Waals surface area contributed by atoms with Crippen LogP contribution < -0.4 is 0 Å². The molecule has 0 aromatic carbocycles. The molecule has 8 heteroatoms. The lowest BCUT2D eigenvalue weighted by molar-refractivity contribution is -0.0286. The third kappa shape index (κ3) is 3.00. The van der Waals surface area contributed by atoms with E-state index in [1.54, 1.807) is 11.8 Å². The molecule has 0 aliphatic carbocycles. The second-order valence-electron chi connectivity index (χ2n) is 5.57. The lowest BCUT2D eigenvalue weighted by Crippen LogP contribution is -2.51. The summed E-state index contributed by atoms with van der Waals surface area (Å²) in [6.45, 7) is 2.47. The molecular weight excluding hydrogens is 310 g/mol. The quantitative estimate of drug-likeness (QED) is 0.925. The first-order valence-corrected chi connectivity index (χ1v) is 7.38. The van der Waals surface area contributed by atoms with Gasteiger partial charge in [-0.15, -0.1) is 0 Å². The number of aryl methyl sites for hydroxylation is 1. The van der Waals surface area contributed by atoms with E-state index in [-0.39, 0.29) is 24.1 Å². The molecular formula is C14H16ClN3O4. The predicted molar refractivity (Wildman–Crippen MR) is 76.5 cm³/mol. The highest BCUT2D eigenvalue weighted by atomic mass is 35.5. The van der Waals surface area contributed by atoms with Crippen LogP contribution in [0.5, 0.6) is 0 Å². The van der Waals surface area contributed by atoms with Gasteiger partial charge in [0.2, 0.25) is 11.1 Å². The van der Waals surface area contributed by atoms with E-state index in [9.17, 15) is 9.90 Å². The summed E-state index contributed by atoms with van der Waals surface area (Å²) in [7, 11) is 0. The fourth-order valence-electron chi connectivity index (χ4n) is 2.74. The molecule has 0 saturated carbocycles. The zero-order valence-electron chi connectivity index (χ0n) is 12.1.